The summed E-state index contributed by atoms with van der Waals surface area (Å²) in [5.41, 5.74) is 6.40. The van der Waals surface area contributed by atoms with E-state index in [1.807, 2.05) is 54.6 Å². The highest BCUT2D eigenvalue weighted by Crippen LogP contribution is 2.27. The van der Waals surface area contributed by atoms with E-state index in [4.69, 9.17) is 0 Å². The second-order valence-electron chi connectivity index (χ2n) is 5.36. The van der Waals surface area contributed by atoms with Crippen LogP contribution in [-0.4, -0.2) is 26.5 Å². The maximum Gasteiger partial charge on any atom is 0.175 e. The van der Waals surface area contributed by atoms with Gasteiger partial charge in [-0.15, -0.1) is 10.2 Å². The van der Waals surface area contributed by atoms with Crippen LogP contribution in [-0.2, 0) is 0 Å². The SMILES string of the molecule is OC1C(c2cccnc2)=CNN1c1ccc(-c2ccccc2)nn1. The quantitative estimate of drug-likeness (QED) is 0.771. The van der Waals surface area contributed by atoms with Crippen LogP contribution < -0.4 is 10.4 Å². The smallest absolute Gasteiger partial charge is 0.175 e. The van der Waals surface area contributed by atoms with Crippen LogP contribution in [0.2, 0.25) is 0 Å². The molecule has 0 radical (unpaired) electrons. The first-order valence-electron chi connectivity index (χ1n) is 7.56. The Balaban J connectivity index is 1.55. The van der Waals surface area contributed by atoms with Crippen molar-refractivity contribution in [1.82, 2.24) is 20.6 Å². The molecule has 0 saturated carbocycles. The fourth-order valence-corrected chi connectivity index (χ4v) is 2.60. The zero-order valence-corrected chi connectivity index (χ0v) is 12.7. The fraction of sp³-hybridized carbons (Fsp3) is 0.0556. The molecular weight excluding hydrogens is 302 g/mol. The Kier molecular flexibility index (Phi) is 3.64. The Bertz CT molecular complexity index is 850. The summed E-state index contributed by atoms with van der Waals surface area (Å²) in [4.78, 5) is 4.08. The molecule has 2 aromatic heterocycles. The third kappa shape index (κ3) is 2.59. The number of benzene rings is 1. The third-order valence-electron chi connectivity index (χ3n) is 3.84. The number of rotatable bonds is 3. The van der Waals surface area contributed by atoms with Crippen molar-refractivity contribution in [3.05, 3.63) is 78.8 Å². The molecule has 24 heavy (non-hydrogen) atoms. The van der Waals surface area contributed by atoms with E-state index in [1.54, 1.807) is 23.6 Å². The zero-order valence-electron chi connectivity index (χ0n) is 12.7. The van der Waals surface area contributed by atoms with Crippen LogP contribution >= 0.6 is 0 Å². The van der Waals surface area contributed by atoms with Crippen LogP contribution in [0, 0.1) is 0 Å². The lowest BCUT2D eigenvalue weighted by Crippen LogP contribution is -2.39. The maximum atomic E-state index is 10.5. The summed E-state index contributed by atoms with van der Waals surface area (Å²) in [6.07, 6.45) is 4.30. The summed E-state index contributed by atoms with van der Waals surface area (Å²) in [5, 5.41) is 20.6. The van der Waals surface area contributed by atoms with Crippen LogP contribution in [0.15, 0.2) is 73.2 Å². The molecule has 0 amide bonds. The molecule has 4 rings (SSSR count). The molecule has 118 valence electrons. The van der Waals surface area contributed by atoms with Crippen LogP contribution in [0.1, 0.15) is 5.56 Å². The second kappa shape index (κ2) is 6.10. The third-order valence-corrected chi connectivity index (χ3v) is 3.84. The average Bonchev–Trinajstić information content (AvgIpc) is 3.05. The van der Waals surface area contributed by atoms with Gasteiger partial charge in [0.2, 0.25) is 0 Å². The number of nitrogens with zero attached hydrogens (tertiary/aromatic N) is 4. The van der Waals surface area contributed by atoms with E-state index < -0.39 is 6.23 Å². The van der Waals surface area contributed by atoms with Gasteiger partial charge in [0.15, 0.2) is 12.0 Å². The molecule has 3 heterocycles. The van der Waals surface area contributed by atoms with E-state index in [0.29, 0.717) is 5.82 Å². The summed E-state index contributed by atoms with van der Waals surface area (Å²) in [7, 11) is 0. The Morgan fingerprint density at radius 2 is 1.75 bits per heavy atom. The number of hydrazine groups is 1. The van der Waals surface area contributed by atoms with E-state index in [0.717, 1.165) is 22.4 Å². The largest absolute Gasteiger partial charge is 0.368 e. The van der Waals surface area contributed by atoms with Crippen molar-refractivity contribution >= 4 is 11.4 Å². The van der Waals surface area contributed by atoms with Gasteiger partial charge in [-0.1, -0.05) is 36.4 Å². The number of aromatic nitrogens is 3. The first-order valence-corrected chi connectivity index (χ1v) is 7.56. The first kappa shape index (κ1) is 14.3. The fourth-order valence-electron chi connectivity index (χ4n) is 2.60. The lowest BCUT2D eigenvalue weighted by molar-refractivity contribution is 0.225. The summed E-state index contributed by atoms with van der Waals surface area (Å²) in [6, 6.07) is 17.3. The molecule has 3 aromatic rings. The maximum absolute atomic E-state index is 10.5. The molecule has 1 aliphatic rings. The molecule has 0 aliphatic carbocycles. The predicted octanol–water partition coefficient (Wildman–Crippen LogP) is 2.22. The molecule has 1 unspecified atom stereocenters. The minimum absolute atomic E-state index is 0.539. The van der Waals surface area contributed by atoms with Gasteiger partial charge in [0.05, 0.1) is 5.69 Å². The van der Waals surface area contributed by atoms with Gasteiger partial charge in [-0.25, -0.2) is 5.01 Å². The number of nitrogens with one attached hydrogen (secondary N) is 1. The van der Waals surface area contributed by atoms with Gasteiger partial charge in [0, 0.05) is 35.3 Å². The molecule has 0 spiro atoms. The van der Waals surface area contributed by atoms with E-state index in [1.165, 1.54) is 0 Å². The Morgan fingerprint density at radius 1 is 0.917 bits per heavy atom. The van der Waals surface area contributed by atoms with Crippen LogP contribution in [0.3, 0.4) is 0 Å². The number of hydrogen-bond donors (Lipinski definition) is 2. The lowest BCUT2D eigenvalue weighted by Gasteiger charge is -2.22. The highest BCUT2D eigenvalue weighted by molar-refractivity contribution is 5.73. The van der Waals surface area contributed by atoms with Crippen molar-refractivity contribution in [2.24, 2.45) is 0 Å². The van der Waals surface area contributed by atoms with Gasteiger partial charge in [0.1, 0.15) is 0 Å². The first-order chi connectivity index (χ1) is 11.8. The molecule has 0 bridgehead atoms. The molecule has 0 saturated heterocycles. The van der Waals surface area contributed by atoms with E-state index in [-0.39, 0.29) is 0 Å². The average molecular weight is 317 g/mol. The van der Waals surface area contributed by atoms with E-state index in [2.05, 4.69) is 20.6 Å². The number of aliphatic hydroxyl groups excluding tert-OH is 1. The summed E-state index contributed by atoms with van der Waals surface area (Å²) in [5.74, 6) is 0.539. The number of hydrogen-bond acceptors (Lipinski definition) is 6. The molecule has 1 atom stereocenters. The van der Waals surface area contributed by atoms with Gasteiger partial charge < -0.3 is 10.5 Å². The topological polar surface area (TPSA) is 74.2 Å². The standard InChI is InChI=1S/C18H15N5O/c24-18-15(14-7-4-10-19-11-14)12-20-23(18)17-9-8-16(21-22-17)13-5-2-1-3-6-13/h1-12,18,20,24H. The number of anilines is 1. The predicted molar refractivity (Wildman–Crippen MR) is 91.3 cm³/mol. The van der Waals surface area contributed by atoms with Crippen molar-refractivity contribution in [3.8, 4) is 11.3 Å². The van der Waals surface area contributed by atoms with Gasteiger partial charge in [-0.05, 0) is 18.2 Å². The van der Waals surface area contributed by atoms with Gasteiger partial charge in [0.25, 0.3) is 0 Å². The zero-order chi connectivity index (χ0) is 16.4. The molecule has 1 aromatic carbocycles. The minimum Gasteiger partial charge on any atom is -0.368 e. The molecule has 1 aliphatic heterocycles. The molecular formula is C18H15N5O. The van der Waals surface area contributed by atoms with Crippen molar-refractivity contribution < 1.29 is 5.11 Å². The van der Waals surface area contributed by atoms with Gasteiger partial charge in [-0.2, -0.15) is 0 Å². The van der Waals surface area contributed by atoms with Gasteiger partial charge in [-0.3, -0.25) is 4.98 Å². The summed E-state index contributed by atoms with van der Waals surface area (Å²) >= 11 is 0. The van der Waals surface area contributed by atoms with Crippen LogP contribution in [0.25, 0.3) is 16.8 Å². The second-order valence-corrected chi connectivity index (χ2v) is 5.36. The Hall–Kier alpha value is -3.25. The molecule has 2 N–H and O–H groups in total. The highest BCUT2D eigenvalue weighted by Gasteiger charge is 2.28. The van der Waals surface area contributed by atoms with Crippen molar-refractivity contribution in [2.75, 3.05) is 5.01 Å². The van der Waals surface area contributed by atoms with Crippen LogP contribution in [0.5, 0.6) is 0 Å². The number of pyridine rings is 1. The van der Waals surface area contributed by atoms with Crippen molar-refractivity contribution in [1.29, 1.82) is 0 Å². The lowest BCUT2D eigenvalue weighted by atomic mass is 10.1. The summed E-state index contributed by atoms with van der Waals surface area (Å²) in [6.45, 7) is 0. The highest BCUT2D eigenvalue weighted by atomic mass is 16.3. The Labute approximate surface area is 139 Å². The number of aliphatic hydroxyl groups is 1. The van der Waals surface area contributed by atoms with E-state index in [9.17, 15) is 5.11 Å². The molecule has 6 nitrogen and oxygen atoms in total. The summed E-state index contributed by atoms with van der Waals surface area (Å²) < 4.78 is 0. The minimum atomic E-state index is -0.855. The van der Waals surface area contributed by atoms with Crippen molar-refractivity contribution in [3.63, 3.8) is 0 Å². The molecule has 0 fully saturated rings. The van der Waals surface area contributed by atoms with Crippen LogP contribution in [0.4, 0.5) is 5.82 Å². The van der Waals surface area contributed by atoms with Gasteiger partial charge >= 0.3 is 0 Å². The normalized spacial score (nSPS) is 16.6. The monoisotopic (exact) mass is 317 g/mol. The Morgan fingerprint density at radius 3 is 2.46 bits per heavy atom. The molecule has 6 heteroatoms. The van der Waals surface area contributed by atoms with Crippen molar-refractivity contribution in [2.45, 2.75) is 6.23 Å². The van der Waals surface area contributed by atoms with E-state index >= 15 is 0 Å².